The van der Waals surface area contributed by atoms with Crippen molar-refractivity contribution in [2.45, 2.75) is 13.8 Å². The van der Waals surface area contributed by atoms with E-state index in [9.17, 15) is 9.59 Å². The van der Waals surface area contributed by atoms with Crippen LogP contribution in [-0.4, -0.2) is 18.4 Å². The molecule has 0 fully saturated rings. The predicted molar refractivity (Wildman–Crippen MR) is 73.1 cm³/mol. The summed E-state index contributed by atoms with van der Waals surface area (Å²) in [5.41, 5.74) is 4.50. The first-order valence-corrected chi connectivity index (χ1v) is 6.32. The van der Waals surface area contributed by atoms with Gasteiger partial charge in [0, 0.05) is 10.9 Å². The van der Waals surface area contributed by atoms with Crippen LogP contribution in [0.3, 0.4) is 0 Å². The largest absolute Gasteiger partial charge is 0.482 e. The Morgan fingerprint density at radius 1 is 1.26 bits per heavy atom. The summed E-state index contributed by atoms with van der Waals surface area (Å²) in [4.78, 5) is 22.6. The maximum absolute atomic E-state index is 11.4. The molecule has 1 aromatic rings. The van der Waals surface area contributed by atoms with Gasteiger partial charge in [0.1, 0.15) is 5.75 Å². The Morgan fingerprint density at radius 2 is 1.95 bits per heavy atom. The molecule has 2 N–H and O–H groups in total. The minimum Gasteiger partial charge on any atom is -0.482 e. The predicted octanol–water partition coefficient (Wildman–Crippen LogP) is 2.18. The Morgan fingerprint density at radius 3 is 2.53 bits per heavy atom. The Labute approximate surface area is 121 Å². The number of hydrogen-bond donors (Lipinski definition) is 2. The number of ether oxygens (including phenoxy) is 1. The number of rotatable bonds is 4. The second kappa shape index (κ2) is 7.21. The number of benzene rings is 1. The zero-order valence-corrected chi connectivity index (χ0v) is 12.0. The molecule has 2 amide bonds. The highest BCUT2D eigenvalue weighted by Gasteiger charge is 2.09. The lowest BCUT2D eigenvalue weighted by molar-refractivity contribution is -0.131. The third-order valence-corrected chi connectivity index (χ3v) is 2.63. The number of nitrogens with one attached hydrogen (secondary N) is 2. The van der Waals surface area contributed by atoms with Crippen LogP contribution in [0.4, 0.5) is 0 Å². The second-order valence-corrected chi connectivity index (χ2v) is 4.90. The van der Waals surface area contributed by atoms with Gasteiger partial charge in [-0.05, 0) is 18.2 Å². The van der Waals surface area contributed by atoms with Crippen LogP contribution in [0.1, 0.15) is 13.8 Å². The Kier molecular flexibility index (Phi) is 5.92. The van der Waals surface area contributed by atoms with Crippen LogP contribution in [0.15, 0.2) is 18.2 Å². The van der Waals surface area contributed by atoms with Gasteiger partial charge < -0.3 is 4.74 Å². The summed E-state index contributed by atoms with van der Waals surface area (Å²) in [6.45, 7) is 3.16. The van der Waals surface area contributed by atoms with Gasteiger partial charge in [-0.3, -0.25) is 20.4 Å². The van der Waals surface area contributed by atoms with Gasteiger partial charge in [-0.25, -0.2) is 0 Å². The van der Waals surface area contributed by atoms with Crippen LogP contribution in [0, 0.1) is 5.92 Å². The molecule has 0 spiro atoms. The summed E-state index contributed by atoms with van der Waals surface area (Å²) < 4.78 is 5.19. The van der Waals surface area contributed by atoms with E-state index >= 15 is 0 Å². The molecular formula is C12H14Cl2N2O3. The van der Waals surface area contributed by atoms with E-state index < -0.39 is 5.91 Å². The summed E-state index contributed by atoms with van der Waals surface area (Å²) in [5.74, 6) is -0.638. The minimum atomic E-state index is -0.486. The molecule has 0 heterocycles. The van der Waals surface area contributed by atoms with Gasteiger partial charge in [-0.2, -0.15) is 0 Å². The third-order valence-electron chi connectivity index (χ3n) is 2.10. The maximum atomic E-state index is 11.4. The third kappa shape index (κ3) is 5.36. The highest BCUT2D eigenvalue weighted by Crippen LogP contribution is 2.27. The molecule has 0 aromatic heterocycles. The molecule has 0 aliphatic heterocycles. The van der Waals surface area contributed by atoms with E-state index in [0.717, 1.165) is 0 Å². The number of carbonyl (C=O) groups is 2. The van der Waals surface area contributed by atoms with Crippen molar-refractivity contribution in [3.63, 3.8) is 0 Å². The minimum absolute atomic E-state index is 0.216. The summed E-state index contributed by atoms with van der Waals surface area (Å²) in [5, 5.41) is 0.789. The van der Waals surface area contributed by atoms with Crippen molar-refractivity contribution in [1.82, 2.24) is 10.9 Å². The molecule has 7 heteroatoms. The SMILES string of the molecule is CC(C)C(=O)NNC(=O)COc1ccc(Cl)cc1Cl. The standard InChI is InChI=1S/C12H14Cl2N2O3/c1-7(2)12(18)16-15-11(17)6-19-10-4-3-8(13)5-9(10)14/h3-5,7H,6H2,1-2H3,(H,15,17)(H,16,18). The molecule has 5 nitrogen and oxygen atoms in total. The lowest BCUT2D eigenvalue weighted by Gasteiger charge is -2.10. The molecule has 0 aliphatic rings. The maximum Gasteiger partial charge on any atom is 0.276 e. The van der Waals surface area contributed by atoms with Crippen LogP contribution >= 0.6 is 23.2 Å². The lowest BCUT2D eigenvalue weighted by Crippen LogP contribution is -2.45. The first-order chi connectivity index (χ1) is 8.90. The second-order valence-electron chi connectivity index (χ2n) is 4.06. The average Bonchev–Trinajstić information content (AvgIpc) is 2.34. The summed E-state index contributed by atoms with van der Waals surface area (Å²) in [6.07, 6.45) is 0. The van der Waals surface area contributed by atoms with Crippen molar-refractivity contribution in [3.05, 3.63) is 28.2 Å². The van der Waals surface area contributed by atoms with Crippen molar-refractivity contribution >= 4 is 35.0 Å². The van der Waals surface area contributed by atoms with Crippen molar-refractivity contribution < 1.29 is 14.3 Å². The topological polar surface area (TPSA) is 67.4 Å². The Balaban J connectivity index is 2.40. The zero-order chi connectivity index (χ0) is 14.4. The van der Waals surface area contributed by atoms with Crippen molar-refractivity contribution in [2.24, 2.45) is 5.92 Å². The lowest BCUT2D eigenvalue weighted by atomic mass is 10.2. The Hall–Kier alpha value is -1.46. The van der Waals surface area contributed by atoms with Gasteiger partial charge in [0.2, 0.25) is 5.91 Å². The van der Waals surface area contributed by atoms with Gasteiger partial charge in [-0.15, -0.1) is 0 Å². The molecule has 0 unspecified atom stereocenters. The fourth-order valence-corrected chi connectivity index (χ4v) is 1.51. The zero-order valence-electron chi connectivity index (χ0n) is 10.5. The molecule has 1 rings (SSSR count). The first kappa shape index (κ1) is 15.6. The molecule has 0 bridgehead atoms. The summed E-state index contributed by atoms with van der Waals surface area (Å²) in [7, 11) is 0. The molecule has 1 aromatic carbocycles. The van der Waals surface area contributed by atoms with E-state index in [2.05, 4.69) is 10.9 Å². The molecular weight excluding hydrogens is 291 g/mol. The van der Waals surface area contributed by atoms with E-state index in [4.69, 9.17) is 27.9 Å². The molecule has 104 valence electrons. The van der Waals surface area contributed by atoms with E-state index in [0.29, 0.717) is 15.8 Å². The van der Waals surface area contributed by atoms with Gasteiger partial charge in [0.05, 0.1) is 5.02 Å². The van der Waals surface area contributed by atoms with E-state index in [1.807, 2.05) is 0 Å². The number of hydrazine groups is 1. The quantitative estimate of drug-likeness (QED) is 0.838. The highest BCUT2D eigenvalue weighted by molar-refractivity contribution is 6.35. The van der Waals surface area contributed by atoms with E-state index in [1.165, 1.54) is 6.07 Å². The highest BCUT2D eigenvalue weighted by atomic mass is 35.5. The van der Waals surface area contributed by atoms with Crippen molar-refractivity contribution in [1.29, 1.82) is 0 Å². The average molecular weight is 305 g/mol. The van der Waals surface area contributed by atoms with Crippen LogP contribution in [0.2, 0.25) is 10.0 Å². The first-order valence-electron chi connectivity index (χ1n) is 5.56. The van der Waals surface area contributed by atoms with Gasteiger partial charge >= 0.3 is 0 Å². The van der Waals surface area contributed by atoms with Gasteiger partial charge in [-0.1, -0.05) is 37.0 Å². The van der Waals surface area contributed by atoms with E-state index in [-0.39, 0.29) is 18.4 Å². The van der Waals surface area contributed by atoms with Gasteiger partial charge in [0.25, 0.3) is 5.91 Å². The molecule has 0 atom stereocenters. The molecule has 0 radical (unpaired) electrons. The van der Waals surface area contributed by atoms with Crippen molar-refractivity contribution in [3.8, 4) is 5.75 Å². The monoisotopic (exact) mass is 304 g/mol. The number of carbonyl (C=O) groups excluding carboxylic acids is 2. The summed E-state index contributed by atoms with van der Waals surface area (Å²) >= 11 is 11.6. The number of halogens is 2. The molecule has 0 saturated heterocycles. The number of hydrogen-bond acceptors (Lipinski definition) is 3. The molecule has 19 heavy (non-hydrogen) atoms. The van der Waals surface area contributed by atoms with Crippen LogP contribution in [-0.2, 0) is 9.59 Å². The Bertz CT molecular complexity index is 478. The molecule has 0 aliphatic carbocycles. The van der Waals surface area contributed by atoms with Crippen LogP contribution in [0.5, 0.6) is 5.75 Å². The van der Waals surface area contributed by atoms with E-state index in [1.54, 1.807) is 26.0 Å². The normalized spacial score (nSPS) is 10.2. The van der Waals surface area contributed by atoms with Crippen LogP contribution in [0.25, 0.3) is 0 Å². The smallest absolute Gasteiger partial charge is 0.276 e. The fraction of sp³-hybridized carbons (Fsp3) is 0.333. The fourth-order valence-electron chi connectivity index (χ4n) is 1.05. The van der Waals surface area contributed by atoms with Crippen LogP contribution < -0.4 is 15.6 Å². The van der Waals surface area contributed by atoms with Crippen molar-refractivity contribution in [2.75, 3.05) is 6.61 Å². The summed E-state index contributed by atoms with van der Waals surface area (Å²) in [6, 6.07) is 4.67. The van der Waals surface area contributed by atoms with Gasteiger partial charge in [0.15, 0.2) is 6.61 Å². The number of amides is 2. The molecule has 0 saturated carbocycles.